The van der Waals surface area contributed by atoms with Gasteiger partial charge in [-0.15, -0.1) is 0 Å². The molecule has 124 valence electrons. The normalized spacial score (nSPS) is 16.6. The summed E-state index contributed by atoms with van der Waals surface area (Å²) in [6, 6.07) is 7.45. The third-order valence-corrected chi connectivity index (χ3v) is 5.11. The molecule has 0 bridgehead atoms. The van der Waals surface area contributed by atoms with Crippen molar-refractivity contribution in [2.45, 2.75) is 4.90 Å². The Morgan fingerprint density at radius 3 is 2.61 bits per heavy atom. The van der Waals surface area contributed by atoms with Gasteiger partial charge in [0.15, 0.2) is 9.84 Å². The average molecular weight is 335 g/mol. The molecule has 0 atom stereocenters. The molecule has 1 aliphatic heterocycles. The lowest BCUT2D eigenvalue weighted by atomic mass is 10.1. The number of hydrogen-bond acceptors (Lipinski definition) is 6. The number of anilines is 1. The Morgan fingerprint density at radius 1 is 1.22 bits per heavy atom. The summed E-state index contributed by atoms with van der Waals surface area (Å²) in [5.41, 5.74) is 0. The van der Waals surface area contributed by atoms with E-state index in [2.05, 4.69) is 15.2 Å². The van der Waals surface area contributed by atoms with Gasteiger partial charge in [-0.05, 0) is 0 Å². The van der Waals surface area contributed by atoms with Crippen molar-refractivity contribution < 1.29 is 13.2 Å². The molecule has 0 radical (unpaired) electrons. The van der Waals surface area contributed by atoms with Crippen LogP contribution < -0.4 is 5.32 Å². The van der Waals surface area contributed by atoms with E-state index in [0.29, 0.717) is 5.39 Å². The highest BCUT2D eigenvalue weighted by molar-refractivity contribution is 7.91. The quantitative estimate of drug-likeness (QED) is 0.890. The molecule has 0 saturated carbocycles. The molecule has 1 N–H and O–H groups in total. The molecule has 1 saturated heterocycles. The van der Waals surface area contributed by atoms with Crippen LogP contribution in [0.5, 0.6) is 0 Å². The third kappa shape index (κ3) is 3.80. The number of nitrogens with zero attached hydrogens (tertiary/aromatic N) is 2. The van der Waals surface area contributed by atoms with E-state index in [1.165, 1.54) is 12.5 Å². The maximum absolute atomic E-state index is 11.9. The first kappa shape index (κ1) is 16.2. The van der Waals surface area contributed by atoms with Crippen LogP contribution in [0, 0.1) is 0 Å². The second-order valence-electron chi connectivity index (χ2n) is 5.67. The Morgan fingerprint density at radius 2 is 1.91 bits per heavy atom. The van der Waals surface area contributed by atoms with Gasteiger partial charge in [0.05, 0.1) is 18.1 Å². The fraction of sp³-hybridized carbons (Fsp3) is 0.438. The minimum Gasteiger partial charge on any atom is -0.379 e. The number of pyridine rings is 1. The molecule has 2 aromatic rings. The number of morpholine rings is 1. The largest absolute Gasteiger partial charge is 0.379 e. The highest BCUT2D eigenvalue weighted by atomic mass is 32.2. The van der Waals surface area contributed by atoms with E-state index in [0.717, 1.165) is 50.6 Å². The molecule has 1 aliphatic rings. The molecular formula is C16H21N3O3S. The lowest BCUT2D eigenvalue weighted by molar-refractivity contribution is 0.0398. The summed E-state index contributed by atoms with van der Waals surface area (Å²) < 4.78 is 29.1. The minimum atomic E-state index is -3.30. The summed E-state index contributed by atoms with van der Waals surface area (Å²) in [5.74, 6) is 0.723. The van der Waals surface area contributed by atoms with Crippen LogP contribution in [0.15, 0.2) is 35.4 Å². The number of aromatic nitrogens is 1. The number of fused-ring (bicyclic) bond motifs is 1. The molecule has 0 amide bonds. The monoisotopic (exact) mass is 335 g/mol. The van der Waals surface area contributed by atoms with Gasteiger partial charge in [-0.2, -0.15) is 0 Å². The zero-order chi connectivity index (χ0) is 16.3. The number of rotatable bonds is 5. The second-order valence-corrected chi connectivity index (χ2v) is 7.65. The van der Waals surface area contributed by atoms with Crippen molar-refractivity contribution in [2.24, 2.45) is 0 Å². The smallest absolute Gasteiger partial charge is 0.177 e. The van der Waals surface area contributed by atoms with E-state index in [1.54, 1.807) is 0 Å². The molecule has 0 unspecified atom stereocenters. The molecule has 7 heteroatoms. The highest BCUT2D eigenvalue weighted by Gasteiger charge is 2.15. The second kappa shape index (κ2) is 6.82. The van der Waals surface area contributed by atoms with E-state index >= 15 is 0 Å². The third-order valence-electron chi connectivity index (χ3n) is 3.98. The van der Waals surface area contributed by atoms with Crippen LogP contribution in [-0.4, -0.2) is 64.0 Å². The van der Waals surface area contributed by atoms with Gasteiger partial charge >= 0.3 is 0 Å². The van der Waals surface area contributed by atoms with Crippen LogP contribution in [0.25, 0.3) is 10.8 Å². The van der Waals surface area contributed by atoms with Crippen molar-refractivity contribution in [2.75, 3.05) is 51.0 Å². The lowest BCUT2D eigenvalue weighted by Crippen LogP contribution is -2.39. The van der Waals surface area contributed by atoms with Crippen molar-refractivity contribution >= 4 is 26.4 Å². The van der Waals surface area contributed by atoms with Gasteiger partial charge in [-0.25, -0.2) is 13.4 Å². The zero-order valence-corrected chi connectivity index (χ0v) is 14.0. The SMILES string of the molecule is CS(=O)(=O)c1cnc(NCCN2CCOCC2)c2ccccc12. The predicted molar refractivity (Wildman–Crippen MR) is 90.6 cm³/mol. The molecular weight excluding hydrogens is 314 g/mol. The van der Waals surface area contributed by atoms with Crippen molar-refractivity contribution in [3.05, 3.63) is 30.5 Å². The summed E-state index contributed by atoms with van der Waals surface area (Å²) in [5, 5.41) is 4.86. The molecule has 1 aromatic carbocycles. The molecule has 1 fully saturated rings. The van der Waals surface area contributed by atoms with Crippen LogP contribution in [0.2, 0.25) is 0 Å². The first-order valence-electron chi connectivity index (χ1n) is 7.67. The van der Waals surface area contributed by atoms with Crippen LogP contribution in [0.3, 0.4) is 0 Å². The van der Waals surface area contributed by atoms with Gasteiger partial charge in [0.2, 0.25) is 0 Å². The van der Waals surface area contributed by atoms with E-state index < -0.39 is 9.84 Å². The maximum atomic E-state index is 11.9. The topological polar surface area (TPSA) is 71.5 Å². The highest BCUT2D eigenvalue weighted by Crippen LogP contribution is 2.27. The average Bonchev–Trinajstić information content (AvgIpc) is 2.55. The van der Waals surface area contributed by atoms with Crippen molar-refractivity contribution in [1.82, 2.24) is 9.88 Å². The fourth-order valence-corrected chi connectivity index (χ4v) is 3.58. The first-order chi connectivity index (χ1) is 11.1. The molecule has 2 heterocycles. The number of hydrogen-bond donors (Lipinski definition) is 1. The number of benzene rings is 1. The lowest BCUT2D eigenvalue weighted by Gasteiger charge is -2.26. The van der Waals surface area contributed by atoms with E-state index in [4.69, 9.17) is 4.74 Å². The Kier molecular flexibility index (Phi) is 4.79. The van der Waals surface area contributed by atoms with Crippen LogP contribution >= 0.6 is 0 Å². The number of sulfone groups is 1. The Labute approximate surface area is 136 Å². The minimum absolute atomic E-state index is 0.270. The number of nitrogens with one attached hydrogen (secondary N) is 1. The standard InChI is InChI=1S/C16H21N3O3S/c1-23(20,21)15-12-18-16(14-5-3-2-4-13(14)15)17-6-7-19-8-10-22-11-9-19/h2-5,12H,6-11H2,1H3,(H,17,18). The molecule has 0 spiro atoms. The van der Waals surface area contributed by atoms with Gasteiger partial charge in [-0.1, -0.05) is 24.3 Å². The van der Waals surface area contributed by atoms with Gasteiger partial charge in [0, 0.05) is 49.4 Å². The molecule has 0 aliphatic carbocycles. The van der Waals surface area contributed by atoms with E-state index in [1.807, 2.05) is 24.3 Å². The number of ether oxygens (including phenoxy) is 1. The summed E-state index contributed by atoms with van der Waals surface area (Å²) in [6.07, 6.45) is 2.65. The van der Waals surface area contributed by atoms with Crippen molar-refractivity contribution in [3.8, 4) is 0 Å². The Hall–Kier alpha value is -1.70. The van der Waals surface area contributed by atoms with E-state index in [9.17, 15) is 8.42 Å². The zero-order valence-electron chi connectivity index (χ0n) is 13.2. The predicted octanol–water partition coefficient (Wildman–Crippen LogP) is 1.38. The van der Waals surface area contributed by atoms with Crippen molar-refractivity contribution in [1.29, 1.82) is 0 Å². The van der Waals surface area contributed by atoms with Gasteiger partial charge in [0.25, 0.3) is 0 Å². The van der Waals surface area contributed by atoms with Gasteiger partial charge in [-0.3, -0.25) is 4.90 Å². The maximum Gasteiger partial charge on any atom is 0.177 e. The summed E-state index contributed by atoms with van der Waals surface area (Å²) >= 11 is 0. The van der Waals surface area contributed by atoms with E-state index in [-0.39, 0.29) is 4.90 Å². The van der Waals surface area contributed by atoms with Gasteiger partial charge in [0.1, 0.15) is 5.82 Å². The van der Waals surface area contributed by atoms with Crippen LogP contribution in [0.4, 0.5) is 5.82 Å². The molecule has 3 rings (SSSR count). The van der Waals surface area contributed by atoms with Crippen LogP contribution in [0.1, 0.15) is 0 Å². The molecule has 23 heavy (non-hydrogen) atoms. The Bertz CT molecular complexity index is 786. The molecule has 6 nitrogen and oxygen atoms in total. The van der Waals surface area contributed by atoms with Gasteiger partial charge < -0.3 is 10.1 Å². The molecule has 1 aromatic heterocycles. The Balaban J connectivity index is 1.79. The fourth-order valence-electron chi connectivity index (χ4n) is 2.76. The summed E-state index contributed by atoms with van der Waals surface area (Å²) in [6.45, 7) is 5.13. The van der Waals surface area contributed by atoms with Crippen molar-refractivity contribution in [3.63, 3.8) is 0 Å². The first-order valence-corrected chi connectivity index (χ1v) is 9.56. The summed E-state index contributed by atoms with van der Waals surface area (Å²) in [7, 11) is -3.30. The summed E-state index contributed by atoms with van der Waals surface area (Å²) in [4.78, 5) is 6.93. The van der Waals surface area contributed by atoms with Crippen LogP contribution in [-0.2, 0) is 14.6 Å².